The van der Waals surface area contributed by atoms with Crippen molar-refractivity contribution < 1.29 is 23.9 Å². The van der Waals surface area contributed by atoms with Crippen LogP contribution in [0.25, 0.3) is 0 Å². The van der Waals surface area contributed by atoms with Gasteiger partial charge in [0.25, 0.3) is 0 Å². The lowest BCUT2D eigenvalue weighted by Crippen LogP contribution is -2.30. The lowest BCUT2D eigenvalue weighted by atomic mass is 10.1. The van der Waals surface area contributed by atoms with Crippen molar-refractivity contribution in [2.45, 2.75) is 13.3 Å². The molecule has 1 N–H and O–H groups in total. The third-order valence-corrected chi connectivity index (χ3v) is 3.81. The summed E-state index contributed by atoms with van der Waals surface area (Å²) in [6.07, 6.45) is 0.205. The molecule has 0 aliphatic carbocycles. The van der Waals surface area contributed by atoms with Crippen molar-refractivity contribution in [2.75, 3.05) is 38.7 Å². The van der Waals surface area contributed by atoms with Crippen LogP contribution in [0.2, 0.25) is 0 Å². The molecule has 0 saturated carbocycles. The molecule has 130 valence electrons. The van der Waals surface area contributed by atoms with E-state index in [1.165, 1.54) is 0 Å². The molecule has 1 atom stereocenters. The Balaban J connectivity index is 1.90. The number of methoxy groups -OCH3 is 1. The summed E-state index contributed by atoms with van der Waals surface area (Å²) in [7, 11) is 1.57. The van der Waals surface area contributed by atoms with Crippen LogP contribution in [0.3, 0.4) is 0 Å². The van der Waals surface area contributed by atoms with E-state index < -0.39 is 5.97 Å². The van der Waals surface area contributed by atoms with Gasteiger partial charge in [0.2, 0.25) is 11.8 Å². The van der Waals surface area contributed by atoms with Gasteiger partial charge in [-0.15, -0.1) is 0 Å². The zero-order valence-corrected chi connectivity index (χ0v) is 13.9. The predicted molar refractivity (Wildman–Crippen MR) is 87.6 cm³/mol. The summed E-state index contributed by atoms with van der Waals surface area (Å²) in [5.41, 5.74) is 1.01. The van der Waals surface area contributed by atoms with Crippen LogP contribution in [-0.2, 0) is 19.1 Å². The van der Waals surface area contributed by atoms with Gasteiger partial charge in [0.1, 0.15) is 0 Å². The Hall–Kier alpha value is -2.41. The van der Waals surface area contributed by atoms with Gasteiger partial charge in [0.15, 0.2) is 0 Å². The predicted octanol–water partition coefficient (Wildman–Crippen LogP) is 1.30. The number of likely N-dealkylation sites (tertiary alicyclic amines) is 1. The van der Waals surface area contributed by atoms with Gasteiger partial charge in [-0.05, 0) is 31.2 Å². The average molecular weight is 334 g/mol. The van der Waals surface area contributed by atoms with Crippen molar-refractivity contribution >= 4 is 23.5 Å². The number of nitrogens with one attached hydrogen (secondary N) is 1. The molecule has 2 amide bonds. The van der Waals surface area contributed by atoms with Crippen molar-refractivity contribution in [1.29, 1.82) is 0 Å². The number of anilines is 1. The lowest BCUT2D eigenvalue weighted by molar-refractivity contribution is -0.128. The number of hydrogen-bond donors (Lipinski definition) is 1. The van der Waals surface area contributed by atoms with E-state index in [1.54, 1.807) is 43.2 Å². The van der Waals surface area contributed by atoms with Gasteiger partial charge in [-0.1, -0.05) is 0 Å². The summed E-state index contributed by atoms with van der Waals surface area (Å²) in [5, 5.41) is 2.78. The zero-order chi connectivity index (χ0) is 17.5. The van der Waals surface area contributed by atoms with Crippen LogP contribution in [0, 0.1) is 5.92 Å². The standard InChI is InChI=1S/C17H22N2O5/c1-3-24-17(22)12-4-6-14(7-5-12)18-16(21)13-10-15(20)19(11-13)8-9-23-2/h4-7,13H,3,8-11H2,1-2H3,(H,18,21). The minimum absolute atomic E-state index is 0.0372. The maximum atomic E-state index is 12.3. The van der Waals surface area contributed by atoms with Crippen molar-refractivity contribution in [3.05, 3.63) is 29.8 Å². The Morgan fingerprint density at radius 2 is 2.00 bits per heavy atom. The molecule has 1 aliphatic heterocycles. The van der Waals surface area contributed by atoms with Crippen molar-refractivity contribution in [1.82, 2.24) is 4.90 Å². The van der Waals surface area contributed by atoms with Crippen LogP contribution < -0.4 is 5.32 Å². The van der Waals surface area contributed by atoms with Crippen LogP contribution in [0.1, 0.15) is 23.7 Å². The topological polar surface area (TPSA) is 84.9 Å². The first-order chi connectivity index (χ1) is 11.5. The minimum atomic E-state index is -0.398. The number of nitrogens with zero attached hydrogens (tertiary/aromatic N) is 1. The molecule has 1 saturated heterocycles. The normalized spacial score (nSPS) is 17.0. The highest BCUT2D eigenvalue weighted by atomic mass is 16.5. The smallest absolute Gasteiger partial charge is 0.338 e. The molecule has 0 spiro atoms. The van der Waals surface area contributed by atoms with E-state index in [9.17, 15) is 14.4 Å². The molecule has 0 bridgehead atoms. The summed E-state index contributed by atoms with van der Waals surface area (Å²) in [4.78, 5) is 37.4. The van der Waals surface area contributed by atoms with E-state index in [1.807, 2.05) is 0 Å². The maximum absolute atomic E-state index is 12.3. The Morgan fingerprint density at radius 3 is 2.62 bits per heavy atom. The van der Waals surface area contributed by atoms with Crippen LogP contribution in [0.15, 0.2) is 24.3 Å². The highest BCUT2D eigenvalue weighted by molar-refractivity contribution is 5.97. The van der Waals surface area contributed by atoms with Crippen molar-refractivity contribution in [3.8, 4) is 0 Å². The molecule has 1 aromatic carbocycles. The summed E-state index contributed by atoms with van der Waals surface area (Å²) < 4.78 is 9.87. The van der Waals surface area contributed by atoms with Crippen LogP contribution in [0.4, 0.5) is 5.69 Å². The summed E-state index contributed by atoms with van der Waals surface area (Å²) in [5.74, 6) is -1.01. The number of hydrogen-bond acceptors (Lipinski definition) is 5. The second-order valence-electron chi connectivity index (χ2n) is 5.52. The second-order valence-corrected chi connectivity index (χ2v) is 5.52. The van der Waals surface area contributed by atoms with E-state index in [4.69, 9.17) is 9.47 Å². The molecule has 1 aliphatic rings. The van der Waals surface area contributed by atoms with Gasteiger partial charge in [0.05, 0.1) is 24.7 Å². The Morgan fingerprint density at radius 1 is 1.29 bits per heavy atom. The first-order valence-corrected chi connectivity index (χ1v) is 7.90. The fourth-order valence-corrected chi connectivity index (χ4v) is 2.51. The molecular formula is C17H22N2O5. The minimum Gasteiger partial charge on any atom is -0.462 e. The summed E-state index contributed by atoms with van der Waals surface area (Å²) in [6.45, 7) is 3.40. The van der Waals surface area contributed by atoms with Gasteiger partial charge in [-0.2, -0.15) is 0 Å². The number of rotatable bonds is 7. The number of carbonyl (C=O) groups excluding carboxylic acids is 3. The number of carbonyl (C=O) groups is 3. The van der Waals surface area contributed by atoms with Crippen LogP contribution >= 0.6 is 0 Å². The summed E-state index contributed by atoms with van der Waals surface area (Å²) in [6, 6.07) is 6.48. The molecule has 2 rings (SSSR count). The number of ether oxygens (including phenoxy) is 2. The molecular weight excluding hydrogens is 312 g/mol. The van der Waals surface area contributed by atoms with Crippen LogP contribution in [0.5, 0.6) is 0 Å². The number of amides is 2. The van der Waals surface area contributed by atoms with Crippen molar-refractivity contribution in [2.24, 2.45) is 5.92 Å². The largest absolute Gasteiger partial charge is 0.462 e. The van der Waals surface area contributed by atoms with E-state index in [-0.39, 0.29) is 24.2 Å². The molecule has 24 heavy (non-hydrogen) atoms. The molecule has 1 aromatic rings. The highest BCUT2D eigenvalue weighted by Crippen LogP contribution is 2.20. The molecule has 0 aromatic heterocycles. The number of esters is 1. The summed E-state index contributed by atoms with van der Waals surface area (Å²) >= 11 is 0. The third-order valence-electron chi connectivity index (χ3n) is 3.81. The number of benzene rings is 1. The van der Waals surface area contributed by atoms with E-state index in [0.29, 0.717) is 37.6 Å². The molecule has 1 unspecified atom stereocenters. The van der Waals surface area contributed by atoms with Gasteiger partial charge in [-0.3, -0.25) is 9.59 Å². The molecule has 1 fully saturated rings. The lowest BCUT2D eigenvalue weighted by Gasteiger charge is -2.15. The molecule has 7 heteroatoms. The van der Waals surface area contributed by atoms with Gasteiger partial charge in [-0.25, -0.2) is 4.79 Å². The highest BCUT2D eigenvalue weighted by Gasteiger charge is 2.33. The zero-order valence-electron chi connectivity index (χ0n) is 13.9. The Labute approximate surface area is 140 Å². The van der Waals surface area contributed by atoms with Gasteiger partial charge >= 0.3 is 5.97 Å². The average Bonchev–Trinajstić information content (AvgIpc) is 2.95. The Bertz CT molecular complexity index is 600. The first-order valence-electron chi connectivity index (χ1n) is 7.90. The third kappa shape index (κ3) is 4.55. The molecule has 7 nitrogen and oxygen atoms in total. The molecule has 1 heterocycles. The fraction of sp³-hybridized carbons (Fsp3) is 0.471. The molecule has 0 radical (unpaired) electrons. The second kappa shape index (κ2) is 8.44. The fourth-order valence-electron chi connectivity index (χ4n) is 2.51. The Kier molecular flexibility index (Phi) is 6.31. The SMILES string of the molecule is CCOC(=O)c1ccc(NC(=O)C2CC(=O)N(CCOC)C2)cc1. The van der Waals surface area contributed by atoms with Gasteiger partial charge < -0.3 is 19.7 Å². The van der Waals surface area contributed by atoms with Gasteiger partial charge in [0, 0.05) is 32.3 Å². The quantitative estimate of drug-likeness (QED) is 0.760. The monoisotopic (exact) mass is 334 g/mol. The van der Waals surface area contributed by atoms with Crippen LogP contribution in [-0.4, -0.2) is 56.1 Å². The van der Waals surface area contributed by atoms with Crippen molar-refractivity contribution in [3.63, 3.8) is 0 Å². The van der Waals surface area contributed by atoms with E-state index in [2.05, 4.69) is 5.32 Å². The first kappa shape index (κ1) is 17.9. The van der Waals surface area contributed by atoms with E-state index in [0.717, 1.165) is 0 Å². The maximum Gasteiger partial charge on any atom is 0.338 e. The van der Waals surface area contributed by atoms with E-state index >= 15 is 0 Å².